The van der Waals surface area contributed by atoms with Gasteiger partial charge in [0.05, 0.1) is 11.3 Å². The Morgan fingerprint density at radius 3 is 1.79 bits per heavy atom. The summed E-state index contributed by atoms with van der Waals surface area (Å²) < 4.78 is 38.9. The number of rotatable bonds is 4. The molecule has 0 unspecified atom stereocenters. The smallest absolute Gasteiger partial charge is 0.356 e. The number of carbonyl (C=O) groups is 2. The summed E-state index contributed by atoms with van der Waals surface area (Å²) in [5, 5.41) is 7.51. The lowest BCUT2D eigenvalue weighted by Gasteiger charge is -2.13. The molecular formula is C21H16F3N3O2. The van der Waals surface area contributed by atoms with Crippen LogP contribution in [-0.2, 0) is 15.8 Å². The minimum Gasteiger partial charge on any atom is -0.356 e. The van der Waals surface area contributed by atoms with Crippen molar-refractivity contribution in [1.29, 1.82) is 0 Å². The van der Waals surface area contributed by atoms with E-state index in [0.717, 1.165) is 23.5 Å². The number of hydrogen-bond acceptors (Lipinski definition) is 3. The van der Waals surface area contributed by atoms with Gasteiger partial charge in [-0.2, -0.15) is 13.2 Å². The first-order chi connectivity index (χ1) is 13.8. The molecule has 0 aliphatic rings. The molecule has 3 rings (SSSR count). The predicted octanol–water partition coefficient (Wildman–Crippen LogP) is 5.03. The van der Waals surface area contributed by atoms with Crippen LogP contribution in [0.3, 0.4) is 0 Å². The Hall–Kier alpha value is -3.81. The van der Waals surface area contributed by atoms with Crippen LogP contribution in [0.5, 0.6) is 0 Å². The summed E-state index contributed by atoms with van der Waals surface area (Å²) >= 11 is 0. The molecule has 0 saturated carbocycles. The maximum Gasteiger partial charge on any atom is 0.418 e. The lowest BCUT2D eigenvalue weighted by Crippen LogP contribution is -2.30. The largest absolute Gasteiger partial charge is 0.418 e. The second-order valence-electron chi connectivity index (χ2n) is 6.02. The third-order valence-corrected chi connectivity index (χ3v) is 3.89. The summed E-state index contributed by atoms with van der Waals surface area (Å²) in [7, 11) is 0. The van der Waals surface area contributed by atoms with E-state index in [0.29, 0.717) is 5.69 Å². The van der Waals surface area contributed by atoms with Crippen LogP contribution in [0.1, 0.15) is 5.56 Å². The van der Waals surface area contributed by atoms with Gasteiger partial charge in [0, 0.05) is 17.1 Å². The molecule has 8 heteroatoms. The predicted molar refractivity (Wildman–Crippen MR) is 105 cm³/mol. The van der Waals surface area contributed by atoms with E-state index >= 15 is 0 Å². The van der Waals surface area contributed by atoms with Gasteiger partial charge in [-0.05, 0) is 48.5 Å². The number of anilines is 4. The van der Waals surface area contributed by atoms with E-state index < -0.39 is 29.2 Å². The van der Waals surface area contributed by atoms with Crippen LogP contribution >= 0.6 is 0 Å². The summed E-state index contributed by atoms with van der Waals surface area (Å²) in [4.78, 5) is 24.0. The van der Waals surface area contributed by atoms with Crippen LogP contribution in [-0.4, -0.2) is 11.8 Å². The second-order valence-corrected chi connectivity index (χ2v) is 6.02. The number of para-hydroxylation sites is 2. The quantitative estimate of drug-likeness (QED) is 0.539. The standard InChI is InChI=1S/C21H16F3N3O2/c22-21(23,24)17-8-4-5-9-18(17)27-20(29)19(28)26-16-12-10-15(11-13-16)25-14-6-2-1-3-7-14/h1-13,25H,(H,26,28)(H,27,29). The van der Waals surface area contributed by atoms with E-state index in [1.807, 2.05) is 35.6 Å². The number of hydrogen-bond donors (Lipinski definition) is 3. The average Bonchev–Trinajstić information content (AvgIpc) is 2.70. The fourth-order valence-electron chi connectivity index (χ4n) is 2.53. The molecule has 0 heterocycles. The molecule has 0 atom stereocenters. The third kappa shape index (κ3) is 5.35. The van der Waals surface area contributed by atoms with E-state index in [9.17, 15) is 22.8 Å². The van der Waals surface area contributed by atoms with Crippen LogP contribution in [0, 0.1) is 0 Å². The van der Waals surface area contributed by atoms with Crippen molar-refractivity contribution in [3.8, 4) is 0 Å². The van der Waals surface area contributed by atoms with Crippen molar-refractivity contribution in [2.75, 3.05) is 16.0 Å². The van der Waals surface area contributed by atoms with E-state index in [1.54, 1.807) is 24.3 Å². The summed E-state index contributed by atoms with van der Waals surface area (Å²) in [6.45, 7) is 0. The first-order valence-electron chi connectivity index (χ1n) is 8.53. The summed E-state index contributed by atoms with van der Waals surface area (Å²) in [6, 6.07) is 20.4. The average molecular weight is 399 g/mol. The zero-order valence-corrected chi connectivity index (χ0v) is 15.0. The number of carbonyl (C=O) groups excluding carboxylic acids is 2. The molecule has 3 aromatic rings. The zero-order valence-electron chi connectivity index (χ0n) is 15.0. The Bertz CT molecular complexity index is 1000. The topological polar surface area (TPSA) is 70.2 Å². The molecule has 0 bridgehead atoms. The van der Waals surface area contributed by atoms with Crippen molar-refractivity contribution >= 4 is 34.6 Å². The third-order valence-electron chi connectivity index (χ3n) is 3.89. The van der Waals surface area contributed by atoms with Crippen LogP contribution in [0.2, 0.25) is 0 Å². The van der Waals surface area contributed by atoms with Crippen molar-refractivity contribution in [2.24, 2.45) is 0 Å². The highest BCUT2D eigenvalue weighted by Crippen LogP contribution is 2.34. The van der Waals surface area contributed by atoms with Crippen molar-refractivity contribution in [1.82, 2.24) is 0 Å². The second kappa shape index (κ2) is 8.47. The minimum absolute atomic E-state index is 0.327. The Morgan fingerprint density at radius 2 is 1.14 bits per heavy atom. The van der Waals surface area contributed by atoms with Crippen LogP contribution < -0.4 is 16.0 Å². The molecule has 0 saturated heterocycles. The molecule has 3 N–H and O–H groups in total. The summed E-state index contributed by atoms with van der Waals surface area (Å²) in [6.07, 6.45) is -4.65. The van der Waals surface area contributed by atoms with Gasteiger partial charge in [0.15, 0.2) is 0 Å². The number of benzene rings is 3. The first kappa shape index (κ1) is 19.9. The van der Waals surface area contributed by atoms with E-state index in [4.69, 9.17) is 0 Å². The minimum atomic E-state index is -4.65. The number of nitrogens with one attached hydrogen (secondary N) is 3. The van der Waals surface area contributed by atoms with E-state index in [2.05, 4.69) is 10.6 Å². The molecule has 148 valence electrons. The fraction of sp³-hybridized carbons (Fsp3) is 0.0476. The number of halogens is 3. The maximum atomic E-state index is 13.0. The van der Waals surface area contributed by atoms with Crippen LogP contribution in [0.4, 0.5) is 35.9 Å². The molecule has 29 heavy (non-hydrogen) atoms. The lowest BCUT2D eigenvalue weighted by atomic mass is 10.1. The summed E-state index contributed by atoms with van der Waals surface area (Å²) in [5.41, 5.74) is 0.456. The van der Waals surface area contributed by atoms with Crippen molar-refractivity contribution in [3.05, 3.63) is 84.4 Å². The van der Waals surface area contributed by atoms with E-state index in [-0.39, 0.29) is 0 Å². The summed E-state index contributed by atoms with van der Waals surface area (Å²) in [5.74, 6) is -2.28. The molecule has 0 aliphatic carbocycles. The van der Waals surface area contributed by atoms with Crippen LogP contribution in [0.25, 0.3) is 0 Å². The normalized spacial score (nSPS) is 10.9. The number of alkyl halides is 3. The maximum absolute atomic E-state index is 13.0. The lowest BCUT2D eigenvalue weighted by molar-refractivity contribution is -0.137. The molecule has 5 nitrogen and oxygen atoms in total. The molecule has 0 radical (unpaired) electrons. The van der Waals surface area contributed by atoms with Gasteiger partial charge in [-0.1, -0.05) is 30.3 Å². The van der Waals surface area contributed by atoms with Crippen molar-refractivity contribution < 1.29 is 22.8 Å². The van der Waals surface area contributed by atoms with Crippen molar-refractivity contribution in [3.63, 3.8) is 0 Å². The molecule has 0 aliphatic heterocycles. The molecular weight excluding hydrogens is 383 g/mol. The van der Waals surface area contributed by atoms with E-state index in [1.165, 1.54) is 12.1 Å². The molecule has 0 aromatic heterocycles. The molecule has 3 aromatic carbocycles. The highest BCUT2D eigenvalue weighted by atomic mass is 19.4. The number of amides is 2. The van der Waals surface area contributed by atoms with Gasteiger partial charge in [0.1, 0.15) is 0 Å². The van der Waals surface area contributed by atoms with Gasteiger partial charge in [-0.25, -0.2) is 0 Å². The highest BCUT2D eigenvalue weighted by molar-refractivity contribution is 6.43. The fourth-order valence-corrected chi connectivity index (χ4v) is 2.53. The molecule has 2 amide bonds. The Balaban J connectivity index is 1.62. The Morgan fingerprint density at radius 1 is 0.621 bits per heavy atom. The molecule has 0 spiro atoms. The van der Waals surface area contributed by atoms with Crippen LogP contribution in [0.15, 0.2) is 78.9 Å². The van der Waals surface area contributed by atoms with Gasteiger partial charge in [0.25, 0.3) is 0 Å². The Kier molecular flexibility index (Phi) is 5.82. The molecule has 0 fully saturated rings. The van der Waals surface area contributed by atoms with Gasteiger partial charge < -0.3 is 16.0 Å². The highest BCUT2D eigenvalue weighted by Gasteiger charge is 2.34. The monoisotopic (exact) mass is 399 g/mol. The Labute approximate surface area is 164 Å². The van der Waals surface area contributed by atoms with Gasteiger partial charge in [-0.3, -0.25) is 9.59 Å². The first-order valence-corrected chi connectivity index (χ1v) is 8.53. The SMILES string of the molecule is O=C(Nc1ccc(Nc2ccccc2)cc1)C(=O)Nc1ccccc1C(F)(F)F. The van der Waals surface area contributed by atoms with Crippen molar-refractivity contribution in [2.45, 2.75) is 6.18 Å². The zero-order chi connectivity index (χ0) is 20.9. The van der Waals surface area contributed by atoms with Gasteiger partial charge in [0.2, 0.25) is 0 Å². The van der Waals surface area contributed by atoms with Gasteiger partial charge in [-0.15, -0.1) is 0 Å². The van der Waals surface area contributed by atoms with Gasteiger partial charge >= 0.3 is 18.0 Å².